The van der Waals surface area contributed by atoms with E-state index < -0.39 is 0 Å². The van der Waals surface area contributed by atoms with Gasteiger partial charge in [0, 0.05) is 13.0 Å². The molecule has 23 heavy (non-hydrogen) atoms. The van der Waals surface area contributed by atoms with Gasteiger partial charge in [-0.1, -0.05) is 6.07 Å². The molecule has 1 aromatic rings. The highest BCUT2D eigenvalue weighted by atomic mass is 16.5. The molecule has 128 valence electrons. The van der Waals surface area contributed by atoms with Gasteiger partial charge >= 0.3 is 0 Å². The second kappa shape index (κ2) is 9.40. The molecule has 1 fully saturated rings. The van der Waals surface area contributed by atoms with Crippen LogP contribution in [0.4, 0.5) is 0 Å². The van der Waals surface area contributed by atoms with Crippen molar-refractivity contribution in [2.45, 2.75) is 32.1 Å². The second-order valence-electron chi connectivity index (χ2n) is 6.04. The van der Waals surface area contributed by atoms with E-state index in [2.05, 4.69) is 10.6 Å². The molecule has 1 amide bonds. The number of hydrogen-bond acceptors (Lipinski definition) is 4. The molecule has 1 saturated heterocycles. The Kier molecular flexibility index (Phi) is 7.20. The van der Waals surface area contributed by atoms with Crippen molar-refractivity contribution >= 4 is 5.91 Å². The highest BCUT2D eigenvalue weighted by Crippen LogP contribution is 2.27. The normalized spacial score (nSPS) is 17.6. The first-order valence-corrected chi connectivity index (χ1v) is 8.41. The van der Waals surface area contributed by atoms with Crippen molar-refractivity contribution in [3.05, 3.63) is 23.8 Å². The molecule has 2 rings (SSSR count). The minimum atomic E-state index is 0.114. The smallest absolute Gasteiger partial charge is 0.220 e. The maximum atomic E-state index is 12.0. The lowest BCUT2D eigenvalue weighted by Gasteiger charge is -2.22. The van der Waals surface area contributed by atoms with Crippen molar-refractivity contribution in [3.8, 4) is 11.5 Å². The van der Waals surface area contributed by atoms with Crippen molar-refractivity contribution in [2.75, 3.05) is 33.9 Å². The van der Waals surface area contributed by atoms with Crippen LogP contribution in [-0.4, -0.2) is 39.8 Å². The maximum Gasteiger partial charge on any atom is 0.220 e. The van der Waals surface area contributed by atoms with E-state index >= 15 is 0 Å². The van der Waals surface area contributed by atoms with Gasteiger partial charge in [0.15, 0.2) is 11.5 Å². The fraction of sp³-hybridized carbons (Fsp3) is 0.611. The number of benzene rings is 1. The van der Waals surface area contributed by atoms with E-state index in [-0.39, 0.29) is 5.91 Å². The molecule has 0 aromatic heterocycles. The Morgan fingerprint density at radius 3 is 2.83 bits per heavy atom. The number of nitrogens with one attached hydrogen (secondary N) is 2. The lowest BCUT2D eigenvalue weighted by atomic mass is 9.96. The van der Waals surface area contributed by atoms with Gasteiger partial charge in [0.2, 0.25) is 5.91 Å². The van der Waals surface area contributed by atoms with E-state index in [1.54, 1.807) is 14.2 Å². The lowest BCUT2D eigenvalue weighted by molar-refractivity contribution is -0.121. The Balaban J connectivity index is 1.69. The SMILES string of the molecule is COc1ccc(CCC(=O)NCCC2CCCNC2)cc1OC. The molecule has 2 N–H and O–H groups in total. The first-order chi connectivity index (χ1) is 11.2. The average molecular weight is 320 g/mol. The van der Waals surface area contributed by atoms with Crippen LogP contribution in [0, 0.1) is 5.92 Å². The quantitative estimate of drug-likeness (QED) is 0.770. The van der Waals surface area contributed by atoms with Gasteiger partial charge in [-0.15, -0.1) is 0 Å². The molecule has 1 heterocycles. The zero-order valence-electron chi connectivity index (χ0n) is 14.2. The van der Waals surface area contributed by atoms with Crippen LogP contribution in [0.25, 0.3) is 0 Å². The van der Waals surface area contributed by atoms with Crippen molar-refractivity contribution in [1.82, 2.24) is 10.6 Å². The zero-order chi connectivity index (χ0) is 16.5. The molecule has 1 aliphatic rings. The Labute approximate surface area is 138 Å². The number of hydrogen-bond donors (Lipinski definition) is 2. The van der Waals surface area contributed by atoms with Crippen molar-refractivity contribution in [2.24, 2.45) is 5.92 Å². The van der Waals surface area contributed by atoms with Gasteiger partial charge in [-0.3, -0.25) is 4.79 Å². The Morgan fingerprint density at radius 2 is 2.13 bits per heavy atom. The molecule has 5 heteroatoms. The number of carbonyl (C=O) groups excluding carboxylic acids is 1. The summed E-state index contributed by atoms with van der Waals surface area (Å²) in [5, 5.41) is 6.43. The number of carbonyl (C=O) groups is 1. The molecule has 0 radical (unpaired) electrons. The van der Waals surface area contributed by atoms with E-state index in [4.69, 9.17) is 9.47 Å². The summed E-state index contributed by atoms with van der Waals surface area (Å²) in [5.41, 5.74) is 1.08. The zero-order valence-corrected chi connectivity index (χ0v) is 14.2. The van der Waals surface area contributed by atoms with Crippen LogP contribution in [0.3, 0.4) is 0 Å². The van der Waals surface area contributed by atoms with Crippen LogP contribution in [0.1, 0.15) is 31.2 Å². The summed E-state index contributed by atoms with van der Waals surface area (Å²) in [4.78, 5) is 12.0. The van der Waals surface area contributed by atoms with E-state index in [9.17, 15) is 4.79 Å². The summed E-state index contributed by atoms with van der Waals surface area (Å²) in [6, 6.07) is 5.78. The van der Waals surface area contributed by atoms with Gasteiger partial charge in [0.05, 0.1) is 14.2 Å². The van der Waals surface area contributed by atoms with Crippen LogP contribution in [0.5, 0.6) is 11.5 Å². The Hall–Kier alpha value is -1.75. The molecule has 1 aromatic carbocycles. The largest absolute Gasteiger partial charge is 0.493 e. The Morgan fingerprint density at radius 1 is 1.30 bits per heavy atom. The minimum Gasteiger partial charge on any atom is -0.493 e. The number of methoxy groups -OCH3 is 2. The third kappa shape index (κ3) is 5.75. The van der Waals surface area contributed by atoms with Gasteiger partial charge in [-0.2, -0.15) is 0 Å². The first kappa shape index (κ1) is 17.6. The average Bonchev–Trinajstić information content (AvgIpc) is 2.60. The van der Waals surface area contributed by atoms with Gasteiger partial charge in [-0.05, 0) is 62.4 Å². The van der Waals surface area contributed by atoms with Crippen molar-refractivity contribution < 1.29 is 14.3 Å². The van der Waals surface area contributed by atoms with Crippen molar-refractivity contribution in [1.29, 1.82) is 0 Å². The molecule has 0 aliphatic carbocycles. The maximum absolute atomic E-state index is 12.0. The van der Waals surface area contributed by atoms with Gasteiger partial charge in [-0.25, -0.2) is 0 Å². The highest BCUT2D eigenvalue weighted by molar-refractivity contribution is 5.76. The molecule has 5 nitrogen and oxygen atoms in total. The van der Waals surface area contributed by atoms with Crippen LogP contribution in [-0.2, 0) is 11.2 Å². The predicted molar refractivity (Wildman–Crippen MR) is 91.1 cm³/mol. The number of rotatable bonds is 8. The standard InChI is InChI=1S/C18H28N2O3/c1-22-16-7-5-14(12-17(16)23-2)6-8-18(21)20-11-9-15-4-3-10-19-13-15/h5,7,12,15,19H,3-4,6,8-11,13H2,1-2H3,(H,20,21). The Bertz CT molecular complexity index is 499. The fourth-order valence-corrected chi connectivity index (χ4v) is 2.97. The molecule has 1 unspecified atom stereocenters. The predicted octanol–water partition coefficient (Wildman–Crippen LogP) is 2.14. The van der Waals surface area contributed by atoms with Crippen LogP contribution < -0.4 is 20.1 Å². The summed E-state index contributed by atoms with van der Waals surface area (Å²) in [6.45, 7) is 2.99. The minimum absolute atomic E-state index is 0.114. The monoisotopic (exact) mass is 320 g/mol. The van der Waals surface area contributed by atoms with Crippen LogP contribution in [0.2, 0.25) is 0 Å². The molecular formula is C18H28N2O3. The first-order valence-electron chi connectivity index (χ1n) is 8.41. The lowest BCUT2D eigenvalue weighted by Crippen LogP contribution is -2.33. The summed E-state index contributed by atoms with van der Waals surface area (Å²) in [6.07, 6.45) is 4.79. The van der Waals surface area contributed by atoms with Gasteiger partial charge < -0.3 is 20.1 Å². The summed E-state index contributed by atoms with van der Waals surface area (Å²) in [7, 11) is 3.24. The van der Waals surface area contributed by atoms with E-state index in [1.165, 1.54) is 12.8 Å². The van der Waals surface area contributed by atoms with Crippen LogP contribution >= 0.6 is 0 Å². The summed E-state index contributed by atoms with van der Waals surface area (Å²) < 4.78 is 10.5. The number of amides is 1. The van der Waals surface area contributed by atoms with E-state index in [1.807, 2.05) is 18.2 Å². The third-order valence-electron chi connectivity index (χ3n) is 4.36. The number of ether oxygens (including phenoxy) is 2. The summed E-state index contributed by atoms with van der Waals surface area (Å²) >= 11 is 0. The fourth-order valence-electron chi connectivity index (χ4n) is 2.97. The molecule has 0 spiro atoms. The highest BCUT2D eigenvalue weighted by Gasteiger charge is 2.13. The molecule has 1 atom stereocenters. The second-order valence-corrected chi connectivity index (χ2v) is 6.04. The van der Waals surface area contributed by atoms with Crippen LogP contribution in [0.15, 0.2) is 18.2 Å². The molecule has 0 bridgehead atoms. The van der Waals surface area contributed by atoms with E-state index in [0.717, 1.165) is 31.6 Å². The molecular weight excluding hydrogens is 292 g/mol. The van der Waals surface area contributed by atoms with Gasteiger partial charge in [0.1, 0.15) is 0 Å². The number of piperidine rings is 1. The van der Waals surface area contributed by atoms with Gasteiger partial charge in [0.25, 0.3) is 0 Å². The van der Waals surface area contributed by atoms with E-state index in [0.29, 0.717) is 30.3 Å². The van der Waals surface area contributed by atoms with Crippen molar-refractivity contribution in [3.63, 3.8) is 0 Å². The molecule has 1 aliphatic heterocycles. The topological polar surface area (TPSA) is 59.6 Å². The number of aryl methyl sites for hydroxylation is 1. The summed E-state index contributed by atoms with van der Waals surface area (Å²) in [5.74, 6) is 2.23. The third-order valence-corrected chi connectivity index (χ3v) is 4.36. The molecule has 0 saturated carbocycles.